The van der Waals surface area contributed by atoms with Gasteiger partial charge >= 0.3 is 0 Å². The zero-order valence-electron chi connectivity index (χ0n) is 20.2. The number of imidazole rings is 1. The van der Waals surface area contributed by atoms with Crippen LogP contribution in [0, 0.1) is 6.92 Å². The zero-order valence-corrected chi connectivity index (χ0v) is 20.9. The van der Waals surface area contributed by atoms with Crippen LogP contribution in [0.15, 0.2) is 59.1 Å². The van der Waals surface area contributed by atoms with Crippen LogP contribution in [0.25, 0.3) is 44.9 Å². The average Bonchev–Trinajstić information content (AvgIpc) is 3.71. The van der Waals surface area contributed by atoms with Crippen LogP contribution in [0.5, 0.6) is 6.01 Å². The van der Waals surface area contributed by atoms with Crippen LogP contribution in [-0.4, -0.2) is 67.8 Å². The lowest BCUT2D eigenvalue weighted by atomic mass is 10.0. The van der Waals surface area contributed by atoms with Crippen LogP contribution >= 0.6 is 11.6 Å². The van der Waals surface area contributed by atoms with Gasteiger partial charge in [-0.15, -0.1) is 0 Å². The van der Waals surface area contributed by atoms with Gasteiger partial charge < -0.3 is 28.8 Å². The van der Waals surface area contributed by atoms with Gasteiger partial charge in [-0.2, -0.15) is 9.97 Å². The number of nitrogens with one attached hydrogen (secondary N) is 1. The number of fused-ring (bicyclic) bond motifs is 2. The molecule has 2 aliphatic rings. The van der Waals surface area contributed by atoms with E-state index in [0.29, 0.717) is 46.2 Å². The Balaban J connectivity index is 1.11. The highest BCUT2D eigenvalue weighted by atomic mass is 35.5. The second-order valence-electron chi connectivity index (χ2n) is 9.34. The van der Waals surface area contributed by atoms with E-state index in [1.807, 2.05) is 48.5 Å². The minimum absolute atomic E-state index is 0.236. The lowest BCUT2D eigenvalue weighted by molar-refractivity contribution is 0.00706. The number of hydrogen-bond donors (Lipinski definition) is 2. The molecule has 5 heterocycles. The summed E-state index contributed by atoms with van der Waals surface area (Å²) in [6.45, 7) is 2.32. The van der Waals surface area contributed by atoms with Gasteiger partial charge in [0.1, 0.15) is 18.3 Å². The van der Waals surface area contributed by atoms with E-state index in [-0.39, 0.29) is 24.9 Å². The fraction of sp³-hybridized carbons (Fsp3) is 0.259. The summed E-state index contributed by atoms with van der Waals surface area (Å²) in [4.78, 5) is 16.6. The lowest BCUT2D eigenvalue weighted by Crippen LogP contribution is -2.34. The summed E-state index contributed by atoms with van der Waals surface area (Å²) in [5.74, 6) is 1.10. The van der Waals surface area contributed by atoms with E-state index in [9.17, 15) is 5.11 Å². The second-order valence-corrected chi connectivity index (χ2v) is 9.75. The van der Waals surface area contributed by atoms with Crippen LogP contribution < -0.4 is 4.74 Å². The van der Waals surface area contributed by atoms with Gasteiger partial charge in [0.05, 0.1) is 29.4 Å². The summed E-state index contributed by atoms with van der Waals surface area (Å²) < 4.78 is 22.3. The Hall–Kier alpha value is -3.83. The Morgan fingerprint density at radius 2 is 1.58 bits per heavy atom. The Kier molecular flexibility index (Phi) is 5.62. The molecule has 0 saturated carbocycles. The predicted octanol–water partition coefficient (Wildman–Crippen LogP) is 4.21. The number of hydrogen-bond acceptors (Lipinski definition) is 9. The molecule has 4 atom stereocenters. The summed E-state index contributed by atoms with van der Waals surface area (Å²) >= 11 is 6.60. The van der Waals surface area contributed by atoms with Crippen LogP contribution in [0.3, 0.4) is 0 Å². The lowest BCUT2D eigenvalue weighted by Gasteiger charge is -2.15. The number of rotatable bonds is 5. The van der Waals surface area contributed by atoms with Crippen LogP contribution in [0.1, 0.15) is 5.89 Å². The smallest absolute Gasteiger partial charge is 0.296 e. The van der Waals surface area contributed by atoms with Crippen molar-refractivity contribution < 1.29 is 23.8 Å². The molecule has 2 aliphatic heterocycles. The topological polar surface area (TPSA) is 128 Å². The average molecular weight is 532 g/mol. The molecule has 2 saturated heterocycles. The van der Waals surface area contributed by atoms with Gasteiger partial charge in [0.15, 0.2) is 11.8 Å². The number of ether oxygens (including phenoxy) is 3. The monoisotopic (exact) mass is 531 g/mol. The van der Waals surface area contributed by atoms with Gasteiger partial charge in [-0.05, 0) is 17.2 Å². The maximum atomic E-state index is 9.94. The van der Waals surface area contributed by atoms with Gasteiger partial charge in [-0.1, -0.05) is 65.3 Å². The molecule has 0 radical (unpaired) electrons. The zero-order chi connectivity index (χ0) is 25.8. The summed E-state index contributed by atoms with van der Waals surface area (Å²) in [6, 6.07) is 18.1. The Morgan fingerprint density at radius 1 is 0.895 bits per heavy atom. The second kappa shape index (κ2) is 9.17. The predicted molar refractivity (Wildman–Crippen MR) is 138 cm³/mol. The van der Waals surface area contributed by atoms with E-state index in [2.05, 4.69) is 25.1 Å². The van der Waals surface area contributed by atoms with E-state index in [0.717, 1.165) is 22.3 Å². The number of pyridine rings is 1. The summed E-state index contributed by atoms with van der Waals surface area (Å²) in [5.41, 5.74) is 5.63. The molecular weight excluding hydrogens is 510 g/mol. The van der Waals surface area contributed by atoms with Crippen molar-refractivity contribution in [3.63, 3.8) is 0 Å². The maximum absolute atomic E-state index is 9.94. The van der Waals surface area contributed by atoms with Crippen molar-refractivity contribution in [3.8, 4) is 39.8 Å². The van der Waals surface area contributed by atoms with Crippen molar-refractivity contribution >= 4 is 22.8 Å². The number of nitrogens with zero attached hydrogens (tertiary/aromatic N) is 4. The highest BCUT2D eigenvalue weighted by Crippen LogP contribution is 2.33. The number of aliphatic hydroxyl groups excluding tert-OH is 1. The van der Waals surface area contributed by atoms with E-state index >= 15 is 0 Å². The molecule has 0 aliphatic carbocycles. The number of aliphatic hydroxyl groups is 1. The summed E-state index contributed by atoms with van der Waals surface area (Å²) in [5, 5.41) is 14.4. The molecule has 2 aromatic carbocycles. The molecule has 192 valence electrons. The third-order valence-electron chi connectivity index (χ3n) is 6.81. The van der Waals surface area contributed by atoms with Gasteiger partial charge in [0.25, 0.3) is 6.01 Å². The van der Waals surface area contributed by atoms with Gasteiger partial charge in [0, 0.05) is 18.1 Å². The summed E-state index contributed by atoms with van der Waals surface area (Å²) in [6.07, 6.45) is -1.72. The first-order chi connectivity index (χ1) is 18.5. The minimum atomic E-state index is -0.640. The Bertz CT molecular complexity index is 1620. The fourth-order valence-corrected chi connectivity index (χ4v) is 5.15. The normalized spacial score (nSPS) is 22.7. The number of aromatic nitrogens is 5. The van der Waals surface area contributed by atoms with Crippen molar-refractivity contribution in [3.05, 3.63) is 65.5 Å². The largest absolute Gasteiger partial charge is 0.456 e. The van der Waals surface area contributed by atoms with E-state index in [4.69, 9.17) is 30.3 Å². The molecule has 0 bridgehead atoms. The maximum Gasteiger partial charge on any atom is 0.296 e. The quantitative estimate of drug-likeness (QED) is 0.342. The first-order valence-electron chi connectivity index (χ1n) is 12.2. The molecule has 38 heavy (non-hydrogen) atoms. The molecule has 2 N–H and O–H groups in total. The summed E-state index contributed by atoms with van der Waals surface area (Å²) in [7, 11) is 0. The standard InChI is InChI=1S/C27H22ClN5O5/c1-13-29-25(33-38-13)17-8-4-15(5-9-17)14-2-6-16(7-3-14)22-18(28)10-19-26(31-22)32-27(30-19)37-21-12-36-23-20(34)11-35-24(21)23/h2-10,20-21,23-24,34H,11-12H2,1H3,(H,30,31,32)/t20-,21-,23-,24-/m1/s1. The van der Waals surface area contributed by atoms with Gasteiger partial charge in [-0.25, -0.2) is 4.98 Å². The first kappa shape index (κ1) is 23.3. The third-order valence-corrected chi connectivity index (χ3v) is 7.10. The molecule has 0 spiro atoms. The number of aryl methyl sites for hydroxylation is 1. The van der Waals surface area contributed by atoms with Gasteiger partial charge in [-0.3, -0.25) is 0 Å². The molecule has 0 amide bonds. The molecule has 3 aromatic heterocycles. The molecule has 0 unspecified atom stereocenters. The minimum Gasteiger partial charge on any atom is -0.456 e. The number of H-pyrrole nitrogens is 1. The Labute approximate surface area is 221 Å². The number of benzene rings is 2. The van der Waals surface area contributed by atoms with Gasteiger partial charge in [0.2, 0.25) is 11.7 Å². The number of halogens is 1. The van der Waals surface area contributed by atoms with Crippen molar-refractivity contribution in [1.29, 1.82) is 0 Å². The highest BCUT2D eigenvalue weighted by molar-refractivity contribution is 6.33. The molecule has 5 aromatic rings. The van der Waals surface area contributed by atoms with Crippen molar-refractivity contribution in [2.24, 2.45) is 0 Å². The van der Waals surface area contributed by atoms with Crippen molar-refractivity contribution in [2.45, 2.75) is 31.3 Å². The van der Waals surface area contributed by atoms with Crippen LogP contribution in [0.2, 0.25) is 5.02 Å². The van der Waals surface area contributed by atoms with Crippen molar-refractivity contribution in [2.75, 3.05) is 13.2 Å². The molecule has 7 rings (SSSR count). The van der Waals surface area contributed by atoms with E-state index in [1.54, 1.807) is 13.0 Å². The molecular formula is C27H22ClN5O5. The first-order valence-corrected chi connectivity index (χ1v) is 12.6. The van der Waals surface area contributed by atoms with Crippen LogP contribution in [0.4, 0.5) is 0 Å². The Morgan fingerprint density at radius 3 is 2.29 bits per heavy atom. The molecule has 11 heteroatoms. The van der Waals surface area contributed by atoms with Crippen LogP contribution in [-0.2, 0) is 9.47 Å². The molecule has 10 nitrogen and oxygen atoms in total. The van der Waals surface area contributed by atoms with E-state index < -0.39 is 6.10 Å². The van der Waals surface area contributed by atoms with Crippen molar-refractivity contribution in [1.82, 2.24) is 25.1 Å². The SMILES string of the molecule is Cc1nc(-c2ccc(-c3ccc(-c4nc5nc(O[C@@H]6CO[C@H]7[C@@H]6OC[C@H]7O)[nH]c5cc4Cl)cc3)cc2)no1. The highest BCUT2D eigenvalue weighted by Gasteiger charge is 2.48. The van der Waals surface area contributed by atoms with E-state index in [1.165, 1.54) is 0 Å². The fourth-order valence-electron chi connectivity index (χ4n) is 4.89. The third kappa shape index (κ3) is 4.11. The number of aromatic amines is 1. The molecule has 2 fully saturated rings.